The molecule has 1 saturated carbocycles. The van der Waals surface area contributed by atoms with Gasteiger partial charge in [0.2, 0.25) is 5.91 Å². The SMILES string of the molecule is COC1CC(C(=O)NCCCCCCCC(=O)O)CC(C=O)C1OC. The van der Waals surface area contributed by atoms with E-state index in [4.69, 9.17) is 14.6 Å². The molecule has 0 spiro atoms. The lowest BCUT2D eigenvalue weighted by atomic mass is 9.77. The van der Waals surface area contributed by atoms with Gasteiger partial charge in [-0.05, 0) is 25.7 Å². The first-order valence-corrected chi connectivity index (χ1v) is 9.03. The minimum absolute atomic E-state index is 0.0330. The Bertz CT molecular complexity index is 428. The van der Waals surface area contributed by atoms with Crippen LogP contribution >= 0.6 is 0 Å². The number of rotatable bonds is 12. The van der Waals surface area contributed by atoms with Crippen molar-refractivity contribution < 1.29 is 29.0 Å². The molecule has 0 radical (unpaired) electrons. The summed E-state index contributed by atoms with van der Waals surface area (Å²) in [5, 5.41) is 11.5. The molecule has 1 fully saturated rings. The predicted octanol–water partition coefficient (Wildman–Crippen LogP) is 1.78. The minimum Gasteiger partial charge on any atom is -0.481 e. The van der Waals surface area contributed by atoms with E-state index in [1.54, 1.807) is 14.2 Å². The van der Waals surface area contributed by atoms with E-state index in [1.807, 2.05) is 0 Å². The van der Waals surface area contributed by atoms with E-state index in [2.05, 4.69) is 5.32 Å². The zero-order chi connectivity index (χ0) is 18.7. The van der Waals surface area contributed by atoms with E-state index in [0.717, 1.165) is 32.0 Å². The molecule has 1 aliphatic rings. The molecule has 4 unspecified atom stereocenters. The van der Waals surface area contributed by atoms with Crippen molar-refractivity contribution in [3.63, 3.8) is 0 Å². The summed E-state index contributed by atoms with van der Waals surface area (Å²) < 4.78 is 10.8. The first-order valence-electron chi connectivity index (χ1n) is 9.03. The third-order valence-electron chi connectivity index (χ3n) is 4.85. The van der Waals surface area contributed by atoms with Crippen LogP contribution in [-0.4, -0.2) is 56.2 Å². The number of carboxylic acid groups (broad SMARTS) is 1. The van der Waals surface area contributed by atoms with Crippen LogP contribution in [0.5, 0.6) is 0 Å². The molecule has 144 valence electrons. The number of carboxylic acids is 1. The molecule has 0 aliphatic heterocycles. The number of hydrogen-bond acceptors (Lipinski definition) is 5. The molecule has 0 saturated heterocycles. The number of carbonyl (C=O) groups excluding carboxylic acids is 2. The second kappa shape index (κ2) is 12.0. The Hall–Kier alpha value is -1.47. The number of ether oxygens (including phenoxy) is 2. The number of hydrogen-bond donors (Lipinski definition) is 2. The van der Waals surface area contributed by atoms with E-state index in [9.17, 15) is 14.4 Å². The topological polar surface area (TPSA) is 102 Å². The Morgan fingerprint density at radius 3 is 2.36 bits per heavy atom. The van der Waals surface area contributed by atoms with Gasteiger partial charge in [-0.1, -0.05) is 19.3 Å². The van der Waals surface area contributed by atoms with Crippen LogP contribution in [0.25, 0.3) is 0 Å². The standard InChI is InChI=1S/C18H31NO6/c1-24-15-11-13(10-14(12-20)17(15)25-2)18(23)19-9-7-5-3-4-6-8-16(21)22/h12-15,17H,3-11H2,1-2H3,(H,19,23)(H,21,22). The maximum Gasteiger partial charge on any atom is 0.303 e. The molecule has 1 aliphatic carbocycles. The quantitative estimate of drug-likeness (QED) is 0.408. The van der Waals surface area contributed by atoms with Crippen LogP contribution in [0.3, 0.4) is 0 Å². The summed E-state index contributed by atoms with van der Waals surface area (Å²) in [6, 6.07) is 0. The maximum absolute atomic E-state index is 12.3. The summed E-state index contributed by atoms with van der Waals surface area (Å²) in [7, 11) is 3.13. The molecule has 1 rings (SSSR count). The van der Waals surface area contributed by atoms with Crippen LogP contribution in [0.1, 0.15) is 51.4 Å². The van der Waals surface area contributed by atoms with Gasteiger partial charge in [-0.25, -0.2) is 0 Å². The van der Waals surface area contributed by atoms with Crippen LogP contribution in [-0.2, 0) is 23.9 Å². The second-order valence-electron chi connectivity index (χ2n) is 6.65. The summed E-state index contributed by atoms with van der Waals surface area (Å²) in [4.78, 5) is 34.0. The third kappa shape index (κ3) is 7.52. The van der Waals surface area contributed by atoms with Gasteiger partial charge in [0, 0.05) is 39.0 Å². The summed E-state index contributed by atoms with van der Waals surface area (Å²) in [5.41, 5.74) is 0. The molecule has 25 heavy (non-hydrogen) atoms. The number of unbranched alkanes of at least 4 members (excludes halogenated alkanes) is 4. The second-order valence-corrected chi connectivity index (χ2v) is 6.65. The van der Waals surface area contributed by atoms with Crippen molar-refractivity contribution in [3.05, 3.63) is 0 Å². The van der Waals surface area contributed by atoms with Crippen molar-refractivity contribution >= 4 is 18.2 Å². The van der Waals surface area contributed by atoms with Gasteiger partial charge in [0.1, 0.15) is 6.29 Å². The van der Waals surface area contributed by atoms with Gasteiger partial charge in [0.05, 0.1) is 12.2 Å². The van der Waals surface area contributed by atoms with E-state index < -0.39 is 5.97 Å². The number of nitrogens with one attached hydrogen (secondary N) is 1. The highest BCUT2D eigenvalue weighted by Gasteiger charge is 2.40. The predicted molar refractivity (Wildman–Crippen MR) is 92.2 cm³/mol. The van der Waals surface area contributed by atoms with Crippen LogP contribution < -0.4 is 5.32 Å². The molecule has 0 aromatic carbocycles. The highest BCUT2D eigenvalue weighted by atomic mass is 16.5. The fraction of sp³-hybridized carbons (Fsp3) is 0.833. The molecule has 0 aromatic heterocycles. The zero-order valence-electron chi connectivity index (χ0n) is 15.2. The Labute approximate surface area is 149 Å². The van der Waals surface area contributed by atoms with Crippen molar-refractivity contribution in [3.8, 4) is 0 Å². The van der Waals surface area contributed by atoms with E-state index in [1.165, 1.54) is 0 Å². The average Bonchev–Trinajstić information content (AvgIpc) is 2.61. The van der Waals surface area contributed by atoms with Gasteiger partial charge in [-0.15, -0.1) is 0 Å². The van der Waals surface area contributed by atoms with E-state index >= 15 is 0 Å². The molecule has 1 amide bonds. The Balaban J connectivity index is 2.25. The smallest absolute Gasteiger partial charge is 0.303 e. The van der Waals surface area contributed by atoms with Gasteiger partial charge in [-0.3, -0.25) is 9.59 Å². The Morgan fingerprint density at radius 1 is 1.08 bits per heavy atom. The highest BCUT2D eigenvalue weighted by Crippen LogP contribution is 2.32. The van der Waals surface area contributed by atoms with Crippen molar-refractivity contribution in [2.45, 2.75) is 63.6 Å². The van der Waals surface area contributed by atoms with E-state index in [0.29, 0.717) is 25.8 Å². The highest BCUT2D eigenvalue weighted by molar-refractivity contribution is 5.79. The summed E-state index contributed by atoms with van der Waals surface area (Å²) >= 11 is 0. The third-order valence-corrected chi connectivity index (χ3v) is 4.85. The molecule has 4 atom stereocenters. The van der Waals surface area contributed by atoms with Crippen molar-refractivity contribution in [1.29, 1.82) is 0 Å². The summed E-state index contributed by atoms with van der Waals surface area (Å²) in [6.45, 7) is 0.603. The fourth-order valence-electron chi connectivity index (χ4n) is 3.44. The zero-order valence-corrected chi connectivity index (χ0v) is 15.2. The van der Waals surface area contributed by atoms with Gasteiger partial charge < -0.3 is 24.7 Å². The molecule has 7 nitrogen and oxygen atoms in total. The summed E-state index contributed by atoms with van der Waals surface area (Å²) in [5.74, 6) is -1.34. The Kier molecular flexibility index (Phi) is 10.3. The van der Waals surface area contributed by atoms with Crippen LogP contribution in [0.4, 0.5) is 0 Å². The molecule has 0 bridgehead atoms. The number of methoxy groups -OCH3 is 2. The van der Waals surface area contributed by atoms with Crippen LogP contribution in [0.15, 0.2) is 0 Å². The first-order chi connectivity index (χ1) is 12.0. The van der Waals surface area contributed by atoms with Gasteiger partial charge in [0.15, 0.2) is 0 Å². The summed E-state index contributed by atoms with van der Waals surface area (Å²) in [6.07, 6.45) is 6.00. The number of amides is 1. The first kappa shape index (κ1) is 21.6. The molecular formula is C18H31NO6. The monoisotopic (exact) mass is 357 g/mol. The van der Waals surface area contributed by atoms with Gasteiger partial charge in [0.25, 0.3) is 0 Å². The number of aldehydes is 1. The maximum atomic E-state index is 12.3. The fourth-order valence-corrected chi connectivity index (χ4v) is 3.44. The Morgan fingerprint density at radius 2 is 1.76 bits per heavy atom. The average molecular weight is 357 g/mol. The lowest BCUT2D eigenvalue weighted by molar-refractivity contribution is -0.141. The lowest BCUT2D eigenvalue weighted by Gasteiger charge is -2.37. The number of carbonyl (C=O) groups is 3. The number of aliphatic carboxylic acids is 1. The van der Waals surface area contributed by atoms with Gasteiger partial charge in [-0.2, -0.15) is 0 Å². The van der Waals surface area contributed by atoms with Crippen LogP contribution in [0, 0.1) is 11.8 Å². The van der Waals surface area contributed by atoms with Crippen molar-refractivity contribution in [2.24, 2.45) is 11.8 Å². The normalized spacial score (nSPS) is 26.2. The lowest BCUT2D eigenvalue weighted by Crippen LogP contribution is -2.47. The molecule has 2 N–H and O–H groups in total. The molecular weight excluding hydrogens is 326 g/mol. The van der Waals surface area contributed by atoms with E-state index in [-0.39, 0.29) is 36.4 Å². The molecule has 0 heterocycles. The van der Waals surface area contributed by atoms with Crippen molar-refractivity contribution in [2.75, 3.05) is 20.8 Å². The van der Waals surface area contributed by atoms with Gasteiger partial charge >= 0.3 is 5.97 Å². The van der Waals surface area contributed by atoms with Crippen molar-refractivity contribution in [1.82, 2.24) is 5.32 Å². The minimum atomic E-state index is -0.751. The largest absolute Gasteiger partial charge is 0.481 e. The molecule has 0 aromatic rings. The van der Waals surface area contributed by atoms with Crippen LogP contribution in [0.2, 0.25) is 0 Å². The molecule has 7 heteroatoms.